The van der Waals surface area contributed by atoms with E-state index < -0.39 is 16.4 Å². The zero-order valence-electron chi connectivity index (χ0n) is 17.1. The summed E-state index contributed by atoms with van der Waals surface area (Å²) in [7, 11) is -4.00. The predicted molar refractivity (Wildman–Crippen MR) is 115 cm³/mol. The maximum absolute atomic E-state index is 14.0. The van der Waals surface area contributed by atoms with E-state index in [0.29, 0.717) is 24.2 Å². The summed E-state index contributed by atoms with van der Waals surface area (Å²) in [5.74, 6) is 0. The molecule has 1 fully saturated rings. The number of likely N-dealkylation sites (N-methyl/N-ethyl adjacent to an activating group) is 1. The van der Waals surface area contributed by atoms with Gasteiger partial charge in [0.1, 0.15) is 0 Å². The first-order valence-corrected chi connectivity index (χ1v) is 11.5. The summed E-state index contributed by atoms with van der Waals surface area (Å²) in [5, 5.41) is 0.314. The summed E-state index contributed by atoms with van der Waals surface area (Å²) < 4.78 is 55.6. The molecular formula is C22H25F2N3O2S. The van der Waals surface area contributed by atoms with Gasteiger partial charge in [0.05, 0.1) is 10.4 Å². The molecule has 0 radical (unpaired) electrons. The van der Waals surface area contributed by atoms with Crippen LogP contribution < -0.4 is 4.90 Å². The fourth-order valence-electron chi connectivity index (χ4n) is 4.09. The fraction of sp³-hybridized carbons (Fsp3) is 0.364. The molecule has 1 aliphatic rings. The fourth-order valence-corrected chi connectivity index (χ4v) is 5.57. The Morgan fingerprint density at radius 2 is 1.73 bits per heavy atom. The summed E-state index contributed by atoms with van der Waals surface area (Å²) in [4.78, 5) is 4.46. The summed E-state index contributed by atoms with van der Waals surface area (Å²) in [5.41, 5.74) is 1.48. The van der Waals surface area contributed by atoms with Crippen LogP contribution in [0.25, 0.3) is 10.9 Å². The quantitative estimate of drug-likeness (QED) is 0.603. The second-order valence-corrected chi connectivity index (χ2v) is 9.41. The number of rotatable bonds is 5. The highest BCUT2D eigenvalue weighted by Crippen LogP contribution is 2.38. The Bertz CT molecular complexity index is 1170. The van der Waals surface area contributed by atoms with Gasteiger partial charge < -0.3 is 9.80 Å². The third-order valence-corrected chi connectivity index (χ3v) is 7.41. The summed E-state index contributed by atoms with van der Waals surface area (Å²) in [6.07, 6.45) is -1.70. The van der Waals surface area contributed by atoms with Gasteiger partial charge in [-0.25, -0.2) is 21.2 Å². The Hall–Kier alpha value is -2.45. The van der Waals surface area contributed by atoms with Gasteiger partial charge in [-0.2, -0.15) is 0 Å². The van der Waals surface area contributed by atoms with Crippen LogP contribution in [-0.4, -0.2) is 50.0 Å². The van der Waals surface area contributed by atoms with Crippen LogP contribution in [0, 0.1) is 6.92 Å². The van der Waals surface area contributed by atoms with Gasteiger partial charge in [-0.05, 0) is 43.3 Å². The SMILES string of the molecule is CCN1CCN(c2cccc3c2c(C(F)F)cn3S(=O)(=O)c2cccc(C)c2)CC1. The Labute approximate surface area is 175 Å². The van der Waals surface area contributed by atoms with Crippen molar-refractivity contribution < 1.29 is 17.2 Å². The Balaban J connectivity index is 1.88. The van der Waals surface area contributed by atoms with E-state index in [1.54, 1.807) is 43.3 Å². The Morgan fingerprint density at radius 1 is 1.03 bits per heavy atom. The summed E-state index contributed by atoms with van der Waals surface area (Å²) in [6.45, 7) is 7.97. The van der Waals surface area contributed by atoms with Crippen molar-refractivity contribution in [2.75, 3.05) is 37.6 Å². The minimum atomic E-state index is -4.00. The molecule has 0 unspecified atom stereocenters. The summed E-state index contributed by atoms with van der Waals surface area (Å²) >= 11 is 0. The van der Waals surface area contributed by atoms with E-state index >= 15 is 0 Å². The molecule has 2 aromatic carbocycles. The molecule has 30 heavy (non-hydrogen) atoms. The molecule has 160 valence electrons. The monoisotopic (exact) mass is 433 g/mol. The normalized spacial score (nSPS) is 16.0. The molecule has 4 rings (SSSR count). The molecular weight excluding hydrogens is 408 g/mol. The highest BCUT2D eigenvalue weighted by Gasteiger charge is 2.28. The molecule has 0 aliphatic carbocycles. The molecule has 0 atom stereocenters. The lowest BCUT2D eigenvalue weighted by molar-refractivity contribution is 0.153. The van der Waals surface area contributed by atoms with Gasteiger partial charge in [-0.1, -0.05) is 25.1 Å². The smallest absolute Gasteiger partial charge is 0.268 e. The Kier molecular flexibility index (Phi) is 5.55. The first-order valence-electron chi connectivity index (χ1n) is 10.0. The zero-order valence-corrected chi connectivity index (χ0v) is 17.9. The van der Waals surface area contributed by atoms with Crippen molar-refractivity contribution in [3.63, 3.8) is 0 Å². The number of nitrogens with zero attached hydrogens (tertiary/aromatic N) is 3. The molecule has 3 aromatic rings. The minimum absolute atomic E-state index is 0.0854. The number of alkyl halides is 2. The lowest BCUT2D eigenvalue weighted by atomic mass is 10.1. The number of piperazine rings is 1. The molecule has 0 N–H and O–H groups in total. The second-order valence-electron chi connectivity index (χ2n) is 7.60. The summed E-state index contributed by atoms with van der Waals surface area (Å²) in [6, 6.07) is 11.6. The number of anilines is 1. The molecule has 0 bridgehead atoms. The van der Waals surface area contributed by atoms with Crippen molar-refractivity contribution in [1.29, 1.82) is 0 Å². The maximum Gasteiger partial charge on any atom is 0.268 e. The number of halogens is 2. The number of benzene rings is 2. The molecule has 0 saturated carbocycles. The third-order valence-electron chi connectivity index (χ3n) is 5.74. The van der Waals surface area contributed by atoms with Crippen LogP contribution in [0.3, 0.4) is 0 Å². The van der Waals surface area contributed by atoms with Gasteiger partial charge in [0.2, 0.25) is 0 Å². The third kappa shape index (κ3) is 3.58. The number of hydrogen-bond acceptors (Lipinski definition) is 4. The van der Waals surface area contributed by atoms with Crippen LogP contribution in [0.4, 0.5) is 14.5 Å². The lowest BCUT2D eigenvalue weighted by Gasteiger charge is -2.36. The molecule has 0 amide bonds. The number of aryl methyl sites for hydroxylation is 1. The molecule has 5 nitrogen and oxygen atoms in total. The van der Waals surface area contributed by atoms with Gasteiger partial charge in [0.15, 0.2) is 0 Å². The van der Waals surface area contributed by atoms with Gasteiger partial charge in [0.25, 0.3) is 16.4 Å². The van der Waals surface area contributed by atoms with Crippen molar-refractivity contribution in [3.05, 3.63) is 59.8 Å². The van der Waals surface area contributed by atoms with Crippen molar-refractivity contribution in [1.82, 2.24) is 8.87 Å². The maximum atomic E-state index is 14.0. The van der Waals surface area contributed by atoms with Gasteiger partial charge >= 0.3 is 0 Å². The first-order chi connectivity index (χ1) is 14.3. The molecule has 0 spiro atoms. The minimum Gasteiger partial charge on any atom is -0.368 e. The molecule has 2 heterocycles. The van der Waals surface area contributed by atoms with E-state index in [-0.39, 0.29) is 16.0 Å². The van der Waals surface area contributed by atoms with Crippen LogP contribution in [-0.2, 0) is 10.0 Å². The average molecular weight is 434 g/mol. The predicted octanol–water partition coefficient (Wildman–Crippen LogP) is 4.27. The van der Waals surface area contributed by atoms with E-state index in [1.165, 1.54) is 6.07 Å². The second kappa shape index (κ2) is 8.00. The van der Waals surface area contributed by atoms with E-state index in [2.05, 4.69) is 16.7 Å². The highest BCUT2D eigenvalue weighted by molar-refractivity contribution is 7.90. The highest BCUT2D eigenvalue weighted by atomic mass is 32.2. The van der Waals surface area contributed by atoms with Crippen molar-refractivity contribution in [2.45, 2.75) is 25.2 Å². The molecule has 1 aliphatic heterocycles. The van der Waals surface area contributed by atoms with Crippen LogP contribution in [0.15, 0.2) is 53.6 Å². The van der Waals surface area contributed by atoms with Gasteiger partial charge in [-0.15, -0.1) is 0 Å². The van der Waals surface area contributed by atoms with Crippen molar-refractivity contribution >= 4 is 26.6 Å². The van der Waals surface area contributed by atoms with Crippen LogP contribution in [0.5, 0.6) is 0 Å². The van der Waals surface area contributed by atoms with Crippen molar-refractivity contribution in [3.8, 4) is 0 Å². The number of fused-ring (bicyclic) bond motifs is 1. The van der Waals surface area contributed by atoms with E-state index in [4.69, 9.17) is 0 Å². The van der Waals surface area contributed by atoms with Gasteiger partial charge in [-0.3, -0.25) is 0 Å². The van der Waals surface area contributed by atoms with E-state index in [1.807, 2.05) is 0 Å². The van der Waals surface area contributed by atoms with Gasteiger partial charge in [0, 0.05) is 49.0 Å². The zero-order chi connectivity index (χ0) is 21.5. The number of aromatic nitrogens is 1. The molecule has 8 heteroatoms. The van der Waals surface area contributed by atoms with E-state index in [0.717, 1.165) is 35.4 Å². The first kappa shape index (κ1) is 20.8. The number of hydrogen-bond donors (Lipinski definition) is 0. The van der Waals surface area contributed by atoms with Crippen LogP contribution >= 0.6 is 0 Å². The van der Waals surface area contributed by atoms with Crippen molar-refractivity contribution in [2.24, 2.45) is 0 Å². The standard InChI is InChI=1S/C22H25F2N3O2S/c1-3-25-10-12-26(13-11-25)19-8-5-9-20-21(19)18(22(23)24)15-27(20)30(28,29)17-7-4-6-16(2)14-17/h4-9,14-15,22H,3,10-13H2,1-2H3. The topological polar surface area (TPSA) is 45.5 Å². The average Bonchev–Trinajstić information content (AvgIpc) is 3.15. The van der Waals surface area contributed by atoms with Crippen LogP contribution in [0.2, 0.25) is 0 Å². The Morgan fingerprint density at radius 3 is 2.37 bits per heavy atom. The molecule has 1 aromatic heterocycles. The lowest BCUT2D eigenvalue weighted by Crippen LogP contribution is -2.46. The largest absolute Gasteiger partial charge is 0.368 e. The van der Waals surface area contributed by atoms with E-state index in [9.17, 15) is 17.2 Å². The van der Waals surface area contributed by atoms with Crippen LogP contribution in [0.1, 0.15) is 24.5 Å². The molecule has 1 saturated heterocycles.